The number of benzene rings is 1. The van der Waals surface area contributed by atoms with Crippen LogP contribution in [-0.4, -0.2) is 40.5 Å². The van der Waals surface area contributed by atoms with Crippen molar-refractivity contribution in [2.24, 2.45) is 0 Å². The van der Waals surface area contributed by atoms with Crippen LogP contribution < -0.4 is 0 Å². The highest BCUT2D eigenvalue weighted by atomic mass is 16.6. The molecule has 3 atom stereocenters. The zero-order chi connectivity index (χ0) is 13.6. The number of hydrogen-bond donors (Lipinski definition) is 1. The Hall–Kier alpha value is -1.44. The number of fused-ring (bicyclic) bond motifs is 2. The quantitative estimate of drug-likeness (QED) is 0.503. The Morgan fingerprint density at radius 1 is 1.47 bits per heavy atom. The molecule has 0 radical (unpaired) electrons. The molecule has 0 saturated carbocycles. The molecule has 2 bridgehead atoms. The van der Waals surface area contributed by atoms with E-state index in [1.165, 1.54) is 12.1 Å². The van der Waals surface area contributed by atoms with Gasteiger partial charge in [-0.25, -0.2) is 0 Å². The number of nitrogens with zero attached hydrogens (tertiary/aromatic N) is 2. The first-order valence-electron chi connectivity index (χ1n) is 6.40. The van der Waals surface area contributed by atoms with Crippen molar-refractivity contribution in [1.82, 2.24) is 4.81 Å². The Morgan fingerprint density at radius 3 is 2.68 bits per heavy atom. The van der Waals surface area contributed by atoms with Crippen LogP contribution >= 0.6 is 0 Å². The summed E-state index contributed by atoms with van der Waals surface area (Å²) < 4.78 is 5.90. The van der Waals surface area contributed by atoms with Crippen LogP contribution in [0.15, 0.2) is 24.3 Å². The van der Waals surface area contributed by atoms with Gasteiger partial charge in [0.25, 0.3) is 5.69 Å². The molecule has 2 aliphatic heterocycles. The van der Waals surface area contributed by atoms with E-state index in [0.717, 1.165) is 18.5 Å². The van der Waals surface area contributed by atoms with E-state index in [9.17, 15) is 15.1 Å². The van der Waals surface area contributed by atoms with Gasteiger partial charge < -0.3 is 14.6 Å². The maximum Gasteiger partial charge on any atom is 0.376 e. The maximum absolute atomic E-state index is 10.6. The number of nitro groups is 1. The molecule has 2 saturated heterocycles. The molecule has 7 heteroatoms. The molecule has 3 rings (SSSR count). The highest BCUT2D eigenvalue weighted by molar-refractivity contribution is 6.45. The lowest BCUT2D eigenvalue weighted by molar-refractivity contribution is -0.384. The third-order valence-corrected chi connectivity index (χ3v) is 3.95. The molecule has 1 aromatic rings. The van der Waals surface area contributed by atoms with Gasteiger partial charge in [-0.05, 0) is 30.9 Å². The molecule has 0 aromatic heterocycles. The number of morpholine rings is 1. The fourth-order valence-corrected chi connectivity index (χ4v) is 3.06. The second-order valence-corrected chi connectivity index (χ2v) is 5.16. The van der Waals surface area contributed by atoms with Crippen molar-refractivity contribution >= 4 is 12.7 Å². The first-order chi connectivity index (χ1) is 9.06. The number of nitro benzene ring substituents is 1. The zero-order valence-corrected chi connectivity index (χ0v) is 10.6. The first kappa shape index (κ1) is 12.6. The number of non-ortho nitro benzene ring substituents is 1. The van der Waals surface area contributed by atoms with Gasteiger partial charge in [0.2, 0.25) is 0 Å². The summed E-state index contributed by atoms with van der Waals surface area (Å²) in [5.74, 6) is 0. The van der Waals surface area contributed by atoms with Gasteiger partial charge in [-0.2, -0.15) is 0 Å². The second-order valence-electron chi connectivity index (χ2n) is 5.16. The Morgan fingerprint density at radius 2 is 2.16 bits per heavy atom. The summed E-state index contributed by atoms with van der Waals surface area (Å²) >= 11 is 0. The van der Waals surface area contributed by atoms with Gasteiger partial charge in [0.1, 0.15) is 0 Å². The SMILES string of the molecule is CB(O)N1CC2CC1C(c1ccc([N+](=O)[O-])cc1)O2. The number of hydrogen-bond acceptors (Lipinski definition) is 5. The lowest BCUT2D eigenvalue weighted by atomic mass is 9.82. The lowest BCUT2D eigenvalue weighted by Crippen LogP contribution is -2.46. The van der Waals surface area contributed by atoms with Gasteiger partial charge in [-0.3, -0.25) is 10.1 Å². The molecule has 0 aliphatic carbocycles. The molecular weight excluding hydrogens is 247 g/mol. The maximum atomic E-state index is 10.6. The van der Waals surface area contributed by atoms with E-state index in [1.54, 1.807) is 19.0 Å². The molecule has 2 heterocycles. The number of rotatable bonds is 3. The summed E-state index contributed by atoms with van der Waals surface area (Å²) in [6, 6.07) is 6.63. The lowest BCUT2D eigenvalue weighted by Gasteiger charge is -2.34. The standard InChI is InChI=1S/C12H15BN2O4/c1-13(16)14-7-10-6-11(14)12(19-10)8-2-4-9(5-3-8)15(17)18/h2-5,10-12,16H,6-7H2,1H3. The van der Waals surface area contributed by atoms with Crippen molar-refractivity contribution in [3.63, 3.8) is 0 Å². The van der Waals surface area contributed by atoms with Crippen molar-refractivity contribution < 1.29 is 14.7 Å². The molecule has 2 fully saturated rings. The molecule has 1 aromatic carbocycles. The summed E-state index contributed by atoms with van der Waals surface area (Å²) in [5.41, 5.74) is 1.02. The molecule has 1 N–H and O–H groups in total. The molecule has 0 spiro atoms. The van der Waals surface area contributed by atoms with Crippen molar-refractivity contribution in [1.29, 1.82) is 0 Å². The van der Waals surface area contributed by atoms with Crippen LogP contribution in [0.25, 0.3) is 0 Å². The zero-order valence-electron chi connectivity index (χ0n) is 10.6. The largest absolute Gasteiger partial charge is 0.437 e. The molecule has 19 heavy (non-hydrogen) atoms. The molecule has 2 aliphatic rings. The first-order valence-corrected chi connectivity index (χ1v) is 6.40. The third-order valence-electron chi connectivity index (χ3n) is 3.95. The van der Waals surface area contributed by atoms with E-state index >= 15 is 0 Å². The minimum atomic E-state index is -0.487. The van der Waals surface area contributed by atoms with E-state index in [4.69, 9.17) is 4.74 Å². The van der Waals surface area contributed by atoms with E-state index < -0.39 is 12.0 Å². The minimum Gasteiger partial charge on any atom is -0.437 e. The average Bonchev–Trinajstić information content (AvgIpc) is 2.98. The van der Waals surface area contributed by atoms with Gasteiger partial charge in [-0.1, -0.05) is 0 Å². The predicted octanol–water partition coefficient (Wildman–Crippen LogP) is 1.22. The van der Waals surface area contributed by atoms with E-state index in [1.807, 2.05) is 4.81 Å². The topological polar surface area (TPSA) is 75.8 Å². The van der Waals surface area contributed by atoms with Gasteiger partial charge >= 0.3 is 7.05 Å². The van der Waals surface area contributed by atoms with Crippen LogP contribution in [0.2, 0.25) is 6.82 Å². The van der Waals surface area contributed by atoms with Crippen LogP contribution in [-0.2, 0) is 4.74 Å². The Bertz CT molecular complexity index is 493. The Kier molecular flexibility index (Phi) is 3.04. The van der Waals surface area contributed by atoms with Crippen LogP contribution in [0.5, 0.6) is 0 Å². The summed E-state index contributed by atoms with van der Waals surface area (Å²) in [5, 5.41) is 20.4. The normalized spacial score (nSPS) is 29.7. The van der Waals surface area contributed by atoms with Gasteiger partial charge in [0.15, 0.2) is 0 Å². The van der Waals surface area contributed by atoms with Crippen LogP contribution in [0.1, 0.15) is 18.1 Å². The fourth-order valence-electron chi connectivity index (χ4n) is 3.06. The summed E-state index contributed by atoms with van der Waals surface area (Å²) in [4.78, 5) is 12.3. The van der Waals surface area contributed by atoms with Crippen LogP contribution in [0.4, 0.5) is 5.69 Å². The van der Waals surface area contributed by atoms with Gasteiger partial charge in [0, 0.05) is 24.7 Å². The number of ether oxygens (including phenoxy) is 1. The molecule has 6 nitrogen and oxygen atoms in total. The van der Waals surface area contributed by atoms with Crippen molar-refractivity contribution in [3.05, 3.63) is 39.9 Å². The highest BCUT2D eigenvalue weighted by Crippen LogP contribution is 2.42. The minimum absolute atomic E-state index is 0.0827. The molecule has 3 unspecified atom stereocenters. The van der Waals surface area contributed by atoms with Crippen LogP contribution in [0, 0.1) is 10.1 Å². The monoisotopic (exact) mass is 262 g/mol. The second kappa shape index (κ2) is 4.59. The third kappa shape index (κ3) is 2.14. The van der Waals surface area contributed by atoms with Gasteiger partial charge in [0.05, 0.1) is 17.1 Å². The molecular formula is C12H15BN2O4. The van der Waals surface area contributed by atoms with Crippen molar-refractivity contribution in [2.45, 2.75) is 31.5 Å². The van der Waals surface area contributed by atoms with E-state index in [2.05, 4.69) is 0 Å². The van der Waals surface area contributed by atoms with Gasteiger partial charge in [-0.15, -0.1) is 0 Å². The van der Waals surface area contributed by atoms with Crippen molar-refractivity contribution in [2.75, 3.05) is 6.54 Å². The summed E-state index contributed by atoms with van der Waals surface area (Å²) in [7, 11) is -0.487. The molecule has 0 amide bonds. The molecule has 100 valence electrons. The predicted molar refractivity (Wildman–Crippen MR) is 69.7 cm³/mol. The smallest absolute Gasteiger partial charge is 0.376 e. The summed E-state index contributed by atoms with van der Waals surface area (Å²) in [6.45, 7) is 2.51. The fraction of sp³-hybridized carbons (Fsp3) is 0.500. The average molecular weight is 262 g/mol. The Balaban J connectivity index is 1.81. The highest BCUT2D eigenvalue weighted by Gasteiger charge is 2.48. The Labute approximate surface area is 111 Å². The van der Waals surface area contributed by atoms with Crippen molar-refractivity contribution in [3.8, 4) is 0 Å². The van der Waals surface area contributed by atoms with E-state index in [0.29, 0.717) is 0 Å². The summed E-state index contributed by atoms with van der Waals surface area (Å²) in [6.07, 6.45) is 0.959. The van der Waals surface area contributed by atoms with Crippen LogP contribution in [0.3, 0.4) is 0 Å². The van der Waals surface area contributed by atoms with E-state index in [-0.39, 0.29) is 23.9 Å².